The number of hydrogen-bond donors (Lipinski definition) is 2. The van der Waals surface area contributed by atoms with Crippen LogP contribution in [0.25, 0.3) is 10.1 Å². The Balaban J connectivity index is 2.38. The molecule has 0 fully saturated rings. The summed E-state index contributed by atoms with van der Waals surface area (Å²) < 4.78 is 1.18. The van der Waals surface area contributed by atoms with Gasteiger partial charge in [0.25, 0.3) is 0 Å². The summed E-state index contributed by atoms with van der Waals surface area (Å²) >= 11 is 1.62. The normalized spacial score (nSPS) is 10.1. The maximum absolute atomic E-state index is 11.1. The summed E-state index contributed by atoms with van der Waals surface area (Å²) in [5, 5.41) is 8.33. The quantitative estimate of drug-likeness (QED) is 0.740. The van der Waals surface area contributed by atoms with Gasteiger partial charge in [0.1, 0.15) is 0 Å². The molecule has 0 saturated carbocycles. The fourth-order valence-corrected chi connectivity index (χ4v) is 2.15. The number of carbonyl (C=O) groups is 1. The van der Waals surface area contributed by atoms with E-state index in [1.807, 2.05) is 29.6 Å². The second-order valence-electron chi connectivity index (χ2n) is 2.85. The number of nitrogens with one attached hydrogen (secondary N) is 2. The number of urea groups is 1. The smallest absolute Gasteiger partial charge is 0.319 e. The zero-order valence-electron chi connectivity index (χ0n) is 7.70. The molecule has 0 atom stereocenters. The van der Waals surface area contributed by atoms with Gasteiger partial charge >= 0.3 is 6.03 Å². The maximum Gasteiger partial charge on any atom is 0.319 e. The van der Waals surface area contributed by atoms with Gasteiger partial charge in [0.05, 0.1) is 5.69 Å². The molecule has 1 heterocycles. The van der Waals surface area contributed by atoms with Gasteiger partial charge in [-0.3, -0.25) is 0 Å². The van der Waals surface area contributed by atoms with Crippen LogP contribution in [0.4, 0.5) is 10.5 Å². The van der Waals surface area contributed by atoms with E-state index in [2.05, 4.69) is 10.6 Å². The van der Waals surface area contributed by atoms with Crippen molar-refractivity contribution < 1.29 is 4.79 Å². The van der Waals surface area contributed by atoms with E-state index in [0.29, 0.717) is 0 Å². The van der Waals surface area contributed by atoms with Gasteiger partial charge in [0.15, 0.2) is 0 Å². The number of fused-ring (bicyclic) bond motifs is 1. The Bertz CT molecular complexity index is 464. The summed E-state index contributed by atoms with van der Waals surface area (Å²) in [5.41, 5.74) is 0.866. The fourth-order valence-electron chi connectivity index (χ4n) is 1.26. The van der Waals surface area contributed by atoms with Crippen LogP contribution in [0.15, 0.2) is 29.6 Å². The van der Waals surface area contributed by atoms with E-state index in [0.717, 1.165) is 11.1 Å². The number of benzene rings is 1. The third-order valence-electron chi connectivity index (χ3n) is 1.96. The third-order valence-corrected chi connectivity index (χ3v) is 2.92. The van der Waals surface area contributed by atoms with E-state index in [4.69, 9.17) is 0 Å². The van der Waals surface area contributed by atoms with Gasteiger partial charge in [-0.05, 0) is 6.07 Å². The van der Waals surface area contributed by atoms with Gasteiger partial charge in [-0.2, -0.15) is 0 Å². The Hall–Kier alpha value is -1.55. The average molecular weight is 206 g/mol. The molecule has 72 valence electrons. The molecule has 0 spiro atoms. The summed E-state index contributed by atoms with van der Waals surface area (Å²) in [7, 11) is 1.60. The van der Waals surface area contributed by atoms with Gasteiger partial charge in [0.2, 0.25) is 0 Å². The van der Waals surface area contributed by atoms with Crippen LogP contribution >= 0.6 is 11.3 Å². The van der Waals surface area contributed by atoms with Crippen molar-refractivity contribution in [2.45, 2.75) is 0 Å². The molecule has 0 radical (unpaired) electrons. The molecule has 1 aromatic carbocycles. The monoisotopic (exact) mass is 206 g/mol. The fraction of sp³-hybridized carbons (Fsp3) is 0.100. The zero-order chi connectivity index (χ0) is 9.97. The Kier molecular flexibility index (Phi) is 2.37. The molecule has 14 heavy (non-hydrogen) atoms. The highest BCUT2D eigenvalue weighted by molar-refractivity contribution is 7.17. The minimum Gasteiger partial charge on any atom is -0.341 e. The highest BCUT2D eigenvalue weighted by Crippen LogP contribution is 2.29. The summed E-state index contributed by atoms with van der Waals surface area (Å²) in [5.74, 6) is 0. The average Bonchev–Trinajstić information content (AvgIpc) is 2.62. The van der Waals surface area contributed by atoms with Gasteiger partial charge in [-0.25, -0.2) is 4.79 Å². The minimum atomic E-state index is -0.187. The molecule has 1 aromatic heterocycles. The topological polar surface area (TPSA) is 41.1 Å². The molecule has 4 heteroatoms. The van der Waals surface area contributed by atoms with Gasteiger partial charge < -0.3 is 10.6 Å². The van der Waals surface area contributed by atoms with Crippen molar-refractivity contribution in [3.8, 4) is 0 Å². The van der Waals surface area contributed by atoms with E-state index in [9.17, 15) is 4.79 Å². The standard InChI is InChI=1S/C10H10N2OS/c1-11-10(13)12-8-6-14-9-5-3-2-4-7(8)9/h2-6H,1H3,(H2,11,12,13). The molecular formula is C10H10N2OS. The van der Waals surface area contributed by atoms with E-state index in [-0.39, 0.29) is 6.03 Å². The molecule has 0 bridgehead atoms. The highest BCUT2D eigenvalue weighted by Gasteiger charge is 2.04. The van der Waals surface area contributed by atoms with Gasteiger partial charge in [0, 0.05) is 22.5 Å². The van der Waals surface area contributed by atoms with Crippen LogP contribution < -0.4 is 10.6 Å². The van der Waals surface area contributed by atoms with E-state index >= 15 is 0 Å². The lowest BCUT2D eigenvalue weighted by Gasteiger charge is -2.01. The third kappa shape index (κ3) is 1.56. The molecule has 0 aliphatic carbocycles. The van der Waals surface area contributed by atoms with Crippen molar-refractivity contribution in [1.29, 1.82) is 0 Å². The molecule has 2 N–H and O–H groups in total. The molecule has 0 aliphatic rings. The lowest BCUT2D eigenvalue weighted by molar-refractivity contribution is 0.254. The first kappa shape index (κ1) is 9.02. The van der Waals surface area contributed by atoms with Crippen molar-refractivity contribution in [3.63, 3.8) is 0 Å². The SMILES string of the molecule is CNC(=O)Nc1csc2ccccc12. The summed E-state index contributed by atoms with van der Waals surface area (Å²) in [6.45, 7) is 0. The Morgan fingerprint density at radius 2 is 2.14 bits per heavy atom. The van der Waals surface area contributed by atoms with Crippen LogP contribution in [0, 0.1) is 0 Å². The molecule has 0 unspecified atom stereocenters. The Labute approximate surface area is 85.7 Å². The molecule has 2 aromatic rings. The van der Waals surface area contributed by atoms with Crippen molar-refractivity contribution in [1.82, 2.24) is 5.32 Å². The number of thiophene rings is 1. The lowest BCUT2D eigenvalue weighted by Crippen LogP contribution is -2.24. The van der Waals surface area contributed by atoms with Crippen molar-refractivity contribution in [3.05, 3.63) is 29.6 Å². The van der Waals surface area contributed by atoms with Crippen LogP contribution in [0.2, 0.25) is 0 Å². The highest BCUT2D eigenvalue weighted by atomic mass is 32.1. The van der Waals surface area contributed by atoms with E-state index in [1.54, 1.807) is 18.4 Å². The van der Waals surface area contributed by atoms with Crippen LogP contribution in [-0.4, -0.2) is 13.1 Å². The van der Waals surface area contributed by atoms with Crippen LogP contribution in [0.5, 0.6) is 0 Å². The molecule has 0 aliphatic heterocycles. The van der Waals surface area contributed by atoms with Gasteiger partial charge in [-0.1, -0.05) is 18.2 Å². The lowest BCUT2D eigenvalue weighted by atomic mass is 10.2. The first-order valence-electron chi connectivity index (χ1n) is 4.26. The van der Waals surface area contributed by atoms with E-state index in [1.165, 1.54) is 4.70 Å². The Morgan fingerprint density at radius 1 is 1.36 bits per heavy atom. The van der Waals surface area contributed by atoms with Gasteiger partial charge in [-0.15, -0.1) is 11.3 Å². The molecule has 2 rings (SSSR count). The molecule has 2 amide bonds. The Morgan fingerprint density at radius 3 is 2.93 bits per heavy atom. The van der Waals surface area contributed by atoms with Crippen LogP contribution in [0.1, 0.15) is 0 Å². The zero-order valence-corrected chi connectivity index (χ0v) is 8.52. The molecule has 3 nitrogen and oxygen atoms in total. The minimum absolute atomic E-state index is 0.187. The second-order valence-corrected chi connectivity index (χ2v) is 3.76. The predicted octanol–water partition coefficient (Wildman–Crippen LogP) is 2.65. The summed E-state index contributed by atoms with van der Waals surface area (Å²) in [6.07, 6.45) is 0. The van der Waals surface area contributed by atoms with Crippen LogP contribution in [0.3, 0.4) is 0 Å². The van der Waals surface area contributed by atoms with E-state index < -0.39 is 0 Å². The predicted molar refractivity (Wildman–Crippen MR) is 59.9 cm³/mol. The first-order valence-corrected chi connectivity index (χ1v) is 5.14. The molecule has 0 saturated heterocycles. The number of rotatable bonds is 1. The first-order chi connectivity index (χ1) is 6.81. The van der Waals surface area contributed by atoms with Crippen molar-refractivity contribution in [2.24, 2.45) is 0 Å². The number of anilines is 1. The number of carbonyl (C=O) groups excluding carboxylic acids is 1. The summed E-state index contributed by atoms with van der Waals surface area (Å²) in [6, 6.07) is 7.80. The molecular weight excluding hydrogens is 196 g/mol. The second kappa shape index (κ2) is 3.67. The number of hydrogen-bond acceptors (Lipinski definition) is 2. The van der Waals surface area contributed by atoms with Crippen molar-refractivity contribution >= 4 is 33.1 Å². The largest absolute Gasteiger partial charge is 0.341 e. The van der Waals surface area contributed by atoms with Crippen molar-refractivity contribution in [2.75, 3.05) is 12.4 Å². The number of amides is 2. The summed E-state index contributed by atoms with van der Waals surface area (Å²) in [4.78, 5) is 11.1. The maximum atomic E-state index is 11.1. The van der Waals surface area contributed by atoms with Crippen LogP contribution in [-0.2, 0) is 0 Å².